The number of aromatic carboxylic acids is 1. The van der Waals surface area contributed by atoms with E-state index >= 15 is 0 Å². The normalized spacial score (nSPS) is 17.3. The average Bonchev–Trinajstić information content (AvgIpc) is 2.54. The lowest BCUT2D eigenvalue weighted by molar-refractivity contribution is -0.0683. The highest BCUT2D eigenvalue weighted by Crippen LogP contribution is 2.31. The van der Waals surface area contributed by atoms with Crippen LogP contribution in [0.25, 0.3) is 0 Å². The van der Waals surface area contributed by atoms with Crippen molar-refractivity contribution in [3.63, 3.8) is 0 Å². The van der Waals surface area contributed by atoms with Crippen LogP contribution in [0, 0.1) is 0 Å². The minimum atomic E-state index is -0.878. The van der Waals surface area contributed by atoms with Gasteiger partial charge in [0.1, 0.15) is 0 Å². The summed E-state index contributed by atoms with van der Waals surface area (Å²) in [6, 6.07) is 7.11. The second kappa shape index (κ2) is 8.30. The Bertz CT molecular complexity index is 481. The van der Waals surface area contributed by atoms with Gasteiger partial charge in [-0.1, -0.05) is 38.3 Å². The quantitative estimate of drug-likeness (QED) is 0.770. The molecule has 0 radical (unpaired) electrons. The highest BCUT2D eigenvalue weighted by molar-refractivity contribution is 5.87. The monoisotopic (exact) mass is 305 g/mol. The third kappa shape index (κ3) is 4.82. The van der Waals surface area contributed by atoms with E-state index in [1.54, 1.807) is 18.2 Å². The van der Waals surface area contributed by atoms with Gasteiger partial charge in [-0.3, -0.25) is 0 Å². The van der Waals surface area contributed by atoms with E-state index in [1.165, 1.54) is 19.3 Å². The minimum Gasteiger partial charge on any atom is -0.478 e. The van der Waals surface area contributed by atoms with Crippen LogP contribution in [0.3, 0.4) is 0 Å². The first-order valence-electron chi connectivity index (χ1n) is 8.32. The van der Waals surface area contributed by atoms with Crippen molar-refractivity contribution in [2.75, 3.05) is 13.2 Å². The molecule has 0 aliphatic heterocycles. The number of carboxylic acids is 1. The van der Waals surface area contributed by atoms with E-state index in [2.05, 4.69) is 12.2 Å². The fourth-order valence-electron chi connectivity index (χ4n) is 3.14. The van der Waals surface area contributed by atoms with Crippen molar-refractivity contribution >= 4 is 5.97 Å². The minimum absolute atomic E-state index is 0.0291. The Labute approximate surface area is 132 Å². The van der Waals surface area contributed by atoms with Gasteiger partial charge in [0.2, 0.25) is 0 Å². The Morgan fingerprint density at radius 3 is 2.77 bits per heavy atom. The van der Waals surface area contributed by atoms with Crippen LogP contribution in [0.5, 0.6) is 0 Å². The van der Waals surface area contributed by atoms with E-state index < -0.39 is 5.97 Å². The molecule has 0 saturated heterocycles. The molecule has 122 valence electrons. The standard InChI is InChI=1S/C18H27NO3/c1-2-11-22-18(9-4-3-5-10-18)14-19-13-15-7-6-8-16(12-15)17(20)21/h6-8,12,19H,2-5,9-11,13-14H2,1H3,(H,20,21). The van der Waals surface area contributed by atoms with E-state index in [0.717, 1.165) is 38.0 Å². The van der Waals surface area contributed by atoms with Crippen molar-refractivity contribution in [2.24, 2.45) is 0 Å². The van der Waals surface area contributed by atoms with Crippen LogP contribution in [0.1, 0.15) is 61.4 Å². The van der Waals surface area contributed by atoms with Crippen molar-refractivity contribution < 1.29 is 14.6 Å². The van der Waals surface area contributed by atoms with E-state index in [9.17, 15) is 4.79 Å². The zero-order valence-corrected chi connectivity index (χ0v) is 13.4. The molecule has 0 unspecified atom stereocenters. The first-order chi connectivity index (χ1) is 10.7. The summed E-state index contributed by atoms with van der Waals surface area (Å²) in [7, 11) is 0. The molecule has 0 amide bonds. The maximum atomic E-state index is 11.0. The van der Waals surface area contributed by atoms with Gasteiger partial charge >= 0.3 is 5.97 Å². The van der Waals surface area contributed by atoms with Crippen molar-refractivity contribution in [2.45, 2.75) is 57.6 Å². The lowest BCUT2D eigenvalue weighted by Gasteiger charge is -2.37. The Morgan fingerprint density at radius 1 is 1.32 bits per heavy atom. The second-order valence-electron chi connectivity index (χ2n) is 6.20. The number of benzene rings is 1. The molecule has 0 aromatic heterocycles. The van der Waals surface area contributed by atoms with Crippen LogP contribution >= 0.6 is 0 Å². The Morgan fingerprint density at radius 2 is 2.09 bits per heavy atom. The molecule has 1 aliphatic carbocycles. The van der Waals surface area contributed by atoms with Gasteiger partial charge in [-0.25, -0.2) is 4.79 Å². The number of nitrogens with one attached hydrogen (secondary N) is 1. The molecule has 1 aromatic rings. The molecular formula is C18H27NO3. The van der Waals surface area contributed by atoms with Gasteiger partial charge < -0.3 is 15.2 Å². The molecule has 22 heavy (non-hydrogen) atoms. The number of hydrogen-bond donors (Lipinski definition) is 2. The van der Waals surface area contributed by atoms with Gasteiger partial charge in [-0.15, -0.1) is 0 Å². The van der Waals surface area contributed by atoms with E-state index in [0.29, 0.717) is 12.1 Å². The predicted molar refractivity (Wildman–Crippen MR) is 87.2 cm³/mol. The van der Waals surface area contributed by atoms with Gasteiger partial charge in [-0.2, -0.15) is 0 Å². The number of carboxylic acid groups (broad SMARTS) is 1. The molecular weight excluding hydrogens is 278 g/mol. The summed E-state index contributed by atoms with van der Waals surface area (Å²) in [5.41, 5.74) is 1.31. The highest BCUT2D eigenvalue weighted by Gasteiger charge is 2.32. The number of carbonyl (C=O) groups is 1. The van der Waals surface area contributed by atoms with Gasteiger partial charge in [0.05, 0.1) is 11.2 Å². The number of ether oxygens (including phenoxy) is 1. The summed E-state index contributed by atoms with van der Waals surface area (Å²) in [4.78, 5) is 11.0. The van der Waals surface area contributed by atoms with Crippen LogP contribution < -0.4 is 5.32 Å². The number of hydrogen-bond acceptors (Lipinski definition) is 3. The molecule has 1 aromatic carbocycles. The molecule has 1 fully saturated rings. The van der Waals surface area contributed by atoms with E-state index in [-0.39, 0.29) is 5.60 Å². The summed E-state index contributed by atoms with van der Waals surface area (Å²) in [5, 5.41) is 12.5. The topological polar surface area (TPSA) is 58.6 Å². The molecule has 1 aliphatic rings. The molecule has 4 nitrogen and oxygen atoms in total. The summed E-state index contributed by atoms with van der Waals surface area (Å²) >= 11 is 0. The SMILES string of the molecule is CCCOC1(CNCc2cccc(C(=O)O)c2)CCCCC1. The Balaban J connectivity index is 1.89. The van der Waals surface area contributed by atoms with Crippen molar-refractivity contribution in [3.8, 4) is 0 Å². The fourth-order valence-corrected chi connectivity index (χ4v) is 3.14. The van der Waals surface area contributed by atoms with Crippen molar-refractivity contribution in [1.29, 1.82) is 0 Å². The average molecular weight is 305 g/mol. The number of rotatable bonds is 8. The molecule has 2 rings (SSSR count). The summed E-state index contributed by atoms with van der Waals surface area (Å²) < 4.78 is 6.16. The maximum Gasteiger partial charge on any atom is 0.335 e. The van der Waals surface area contributed by atoms with Crippen molar-refractivity contribution in [1.82, 2.24) is 5.32 Å². The smallest absolute Gasteiger partial charge is 0.335 e. The van der Waals surface area contributed by atoms with Crippen molar-refractivity contribution in [3.05, 3.63) is 35.4 Å². The van der Waals surface area contributed by atoms with E-state index in [1.807, 2.05) is 6.07 Å². The zero-order valence-electron chi connectivity index (χ0n) is 13.4. The van der Waals surface area contributed by atoms with Gasteiger partial charge in [-0.05, 0) is 37.0 Å². The molecule has 0 atom stereocenters. The third-order valence-electron chi connectivity index (χ3n) is 4.33. The van der Waals surface area contributed by atoms with Crippen LogP contribution in [0.15, 0.2) is 24.3 Å². The fraction of sp³-hybridized carbons (Fsp3) is 0.611. The van der Waals surface area contributed by atoms with Crippen LogP contribution in [0.4, 0.5) is 0 Å². The Kier molecular flexibility index (Phi) is 6.40. The van der Waals surface area contributed by atoms with E-state index in [4.69, 9.17) is 9.84 Å². The maximum absolute atomic E-state index is 11.0. The summed E-state index contributed by atoms with van der Waals surface area (Å²) in [5.74, 6) is -0.878. The molecule has 2 N–H and O–H groups in total. The lowest BCUT2D eigenvalue weighted by Crippen LogP contribution is -2.44. The van der Waals surface area contributed by atoms with Crippen LogP contribution in [-0.2, 0) is 11.3 Å². The lowest BCUT2D eigenvalue weighted by atomic mass is 9.84. The first kappa shape index (κ1) is 17.0. The Hall–Kier alpha value is -1.39. The van der Waals surface area contributed by atoms with Gasteiger partial charge in [0.15, 0.2) is 0 Å². The second-order valence-corrected chi connectivity index (χ2v) is 6.20. The summed E-state index contributed by atoms with van der Waals surface area (Å²) in [6.45, 7) is 4.47. The molecule has 0 heterocycles. The molecule has 4 heteroatoms. The first-order valence-corrected chi connectivity index (χ1v) is 8.32. The third-order valence-corrected chi connectivity index (χ3v) is 4.33. The zero-order chi connectivity index (χ0) is 15.8. The predicted octanol–water partition coefficient (Wildman–Crippen LogP) is 3.60. The van der Waals surface area contributed by atoms with Gasteiger partial charge in [0, 0.05) is 19.7 Å². The molecule has 1 saturated carbocycles. The van der Waals surface area contributed by atoms with Gasteiger partial charge in [0.25, 0.3) is 0 Å². The summed E-state index contributed by atoms with van der Waals surface area (Å²) in [6.07, 6.45) is 7.06. The van der Waals surface area contributed by atoms with Crippen LogP contribution in [-0.4, -0.2) is 29.8 Å². The highest BCUT2D eigenvalue weighted by atomic mass is 16.5. The molecule has 0 bridgehead atoms. The largest absolute Gasteiger partial charge is 0.478 e. The molecule has 0 spiro atoms. The van der Waals surface area contributed by atoms with Crippen LogP contribution in [0.2, 0.25) is 0 Å².